The summed E-state index contributed by atoms with van der Waals surface area (Å²) in [5.74, 6) is 0. The van der Waals surface area contributed by atoms with E-state index in [1.165, 1.54) is 93.4 Å². The Morgan fingerprint density at radius 2 is 0.614 bits per heavy atom. The van der Waals surface area contributed by atoms with Crippen molar-refractivity contribution in [1.82, 2.24) is 13.7 Å². The lowest BCUT2D eigenvalue weighted by molar-refractivity contribution is 1.17. The quantitative estimate of drug-likeness (QED) is 0.168. The summed E-state index contributed by atoms with van der Waals surface area (Å²) in [6.07, 6.45) is 0. The highest BCUT2D eigenvalue weighted by atomic mass is 15.0. The van der Waals surface area contributed by atoms with Crippen molar-refractivity contribution >= 4 is 65.4 Å². The summed E-state index contributed by atoms with van der Waals surface area (Å²) in [5, 5.41) is 7.58. The largest absolute Gasteiger partial charge is 0.309 e. The summed E-state index contributed by atoms with van der Waals surface area (Å²) < 4.78 is 7.23. The molecule has 0 unspecified atom stereocenters. The van der Waals surface area contributed by atoms with Crippen LogP contribution >= 0.6 is 0 Å². The molecule has 3 heterocycles. The number of hydrogen-bond donors (Lipinski definition) is 0. The van der Waals surface area contributed by atoms with Crippen LogP contribution in [0.2, 0.25) is 0 Å². The second-order valence-corrected chi connectivity index (χ2v) is 14.9. The van der Waals surface area contributed by atoms with Crippen LogP contribution in [-0.2, 0) is 0 Å². The van der Waals surface area contributed by atoms with E-state index in [1.807, 2.05) is 0 Å². The summed E-state index contributed by atoms with van der Waals surface area (Å²) in [6.45, 7) is 0. The van der Waals surface area contributed by atoms with Crippen LogP contribution in [0.1, 0.15) is 0 Å². The third-order valence-electron chi connectivity index (χ3n) is 11.8. The van der Waals surface area contributed by atoms with Crippen LogP contribution in [0.15, 0.2) is 212 Å². The van der Waals surface area contributed by atoms with Crippen molar-refractivity contribution in [3.63, 3.8) is 0 Å². The van der Waals surface area contributed by atoms with Gasteiger partial charge in [-0.2, -0.15) is 0 Å². The molecule has 0 saturated carbocycles. The Balaban J connectivity index is 1.06. The van der Waals surface area contributed by atoms with Crippen molar-refractivity contribution in [1.29, 1.82) is 0 Å². The first-order valence-corrected chi connectivity index (χ1v) is 19.6. The third-order valence-corrected chi connectivity index (χ3v) is 11.8. The standard InChI is InChI=1S/C54H35N3/c1-4-17-40(18-5-1)55-47-25-12-10-23-43(47)46-34-38(28-30-49(46)55)36-15-14-16-37(33-36)39-27-29-45-52(35-39)57(42-21-8-3-9-22-42)51-32-31-50-53(54(45)51)44-24-11-13-26-48(44)56(50)41-19-6-2-7-20-41/h1-35H. The predicted molar refractivity (Wildman–Crippen MR) is 240 cm³/mol. The van der Waals surface area contributed by atoms with Crippen molar-refractivity contribution in [3.05, 3.63) is 212 Å². The molecular formula is C54H35N3. The molecule has 0 amide bonds. The van der Waals surface area contributed by atoms with Gasteiger partial charge in [0.1, 0.15) is 0 Å². The number of nitrogens with zero attached hydrogens (tertiary/aromatic N) is 3. The van der Waals surface area contributed by atoms with Crippen LogP contribution in [0.4, 0.5) is 0 Å². The molecule has 12 aromatic rings. The second-order valence-electron chi connectivity index (χ2n) is 14.9. The molecule has 0 N–H and O–H groups in total. The number of para-hydroxylation sites is 5. The van der Waals surface area contributed by atoms with Crippen LogP contribution < -0.4 is 0 Å². The van der Waals surface area contributed by atoms with Gasteiger partial charge in [-0.25, -0.2) is 0 Å². The van der Waals surface area contributed by atoms with Crippen LogP contribution in [-0.4, -0.2) is 13.7 Å². The summed E-state index contributed by atoms with van der Waals surface area (Å²) in [7, 11) is 0. The molecule has 57 heavy (non-hydrogen) atoms. The van der Waals surface area contributed by atoms with Crippen molar-refractivity contribution in [2.75, 3.05) is 0 Å². The van der Waals surface area contributed by atoms with Gasteiger partial charge in [-0.15, -0.1) is 0 Å². The summed E-state index contributed by atoms with van der Waals surface area (Å²) in [6, 6.07) is 77.3. The molecule has 3 heteroatoms. The molecule has 0 aliphatic carbocycles. The van der Waals surface area contributed by atoms with Gasteiger partial charge < -0.3 is 13.7 Å². The Bertz CT molecular complexity index is 3500. The molecule has 266 valence electrons. The molecule has 0 spiro atoms. The highest BCUT2D eigenvalue weighted by Gasteiger charge is 2.21. The fourth-order valence-corrected chi connectivity index (χ4v) is 9.34. The maximum absolute atomic E-state index is 2.45. The number of aromatic nitrogens is 3. The van der Waals surface area contributed by atoms with E-state index < -0.39 is 0 Å². The molecule has 0 aliphatic rings. The van der Waals surface area contributed by atoms with Gasteiger partial charge in [-0.05, 0) is 107 Å². The monoisotopic (exact) mass is 725 g/mol. The molecule has 0 fully saturated rings. The van der Waals surface area contributed by atoms with Gasteiger partial charge in [0.15, 0.2) is 0 Å². The maximum atomic E-state index is 2.45. The number of hydrogen-bond acceptors (Lipinski definition) is 0. The molecule has 3 aromatic heterocycles. The van der Waals surface area contributed by atoms with Crippen molar-refractivity contribution in [3.8, 4) is 39.3 Å². The van der Waals surface area contributed by atoms with Crippen molar-refractivity contribution in [2.45, 2.75) is 0 Å². The zero-order valence-electron chi connectivity index (χ0n) is 31.0. The van der Waals surface area contributed by atoms with Gasteiger partial charge in [-0.3, -0.25) is 0 Å². The summed E-state index contributed by atoms with van der Waals surface area (Å²) >= 11 is 0. The Morgan fingerprint density at radius 3 is 1.23 bits per heavy atom. The lowest BCUT2D eigenvalue weighted by Gasteiger charge is -2.10. The normalized spacial score (nSPS) is 11.9. The highest BCUT2D eigenvalue weighted by Crippen LogP contribution is 2.43. The SMILES string of the molecule is c1ccc(-n2c3ccccc3c3cc(-c4cccc(-c5ccc6c7c8c9ccccc9n(-c9ccccc9)c8ccc7n(-c7ccccc7)c6c5)c4)ccc32)cc1. The Kier molecular flexibility index (Phi) is 6.93. The minimum absolute atomic E-state index is 1.15. The van der Waals surface area contributed by atoms with Crippen LogP contribution in [0, 0.1) is 0 Å². The van der Waals surface area contributed by atoms with E-state index in [-0.39, 0.29) is 0 Å². The molecular weight excluding hydrogens is 691 g/mol. The molecule has 0 radical (unpaired) electrons. The fraction of sp³-hybridized carbons (Fsp3) is 0. The first kappa shape index (κ1) is 31.7. The number of fused-ring (bicyclic) bond motifs is 10. The Morgan fingerprint density at radius 1 is 0.211 bits per heavy atom. The highest BCUT2D eigenvalue weighted by molar-refractivity contribution is 6.29. The molecule has 3 nitrogen and oxygen atoms in total. The average Bonchev–Trinajstić information content (AvgIpc) is 3.92. The maximum Gasteiger partial charge on any atom is 0.0548 e. The van der Waals surface area contributed by atoms with Gasteiger partial charge in [0.2, 0.25) is 0 Å². The van der Waals surface area contributed by atoms with E-state index >= 15 is 0 Å². The van der Waals surface area contributed by atoms with E-state index in [0.29, 0.717) is 0 Å². The summed E-state index contributed by atoms with van der Waals surface area (Å²) in [4.78, 5) is 0. The molecule has 12 rings (SSSR count). The number of rotatable bonds is 5. The van der Waals surface area contributed by atoms with E-state index in [0.717, 1.165) is 11.4 Å². The number of benzene rings is 9. The van der Waals surface area contributed by atoms with E-state index in [9.17, 15) is 0 Å². The molecule has 0 bridgehead atoms. The minimum Gasteiger partial charge on any atom is -0.309 e. The van der Waals surface area contributed by atoms with E-state index in [2.05, 4.69) is 226 Å². The lowest BCUT2D eigenvalue weighted by Crippen LogP contribution is -1.94. The zero-order chi connectivity index (χ0) is 37.5. The second kappa shape index (κ2) is 12.5. The molecule has 0 saturated heterocycles. The minimum atomic E-state index is 1.15. The van der Waals surface area contributed by atoms with Crippen LogP contribution in [0.25, 0.3) is 105 Å². The van der Waals surface area contributed by atoms with E-state index in [4.69, 9.17) is 0 Å². The van der Waals surface area contributed by atoms with Gasteiger partial charge in [0.05, 0.1) is 33.1 Å². The Labute approximate surface area is 329 Å². The smallest absolute Gasteiger partial charge is 0.0548 e. The van der Waals surface area contributed by atoms with Crippen molar-refractivity contribution in [2.24, 2.45) is 0 Å². The van der Waals surface area contributed by atoms with Crippen LogP contribution in [0.5, 0.6) is 0 Å². The first-order chi connectivity index (χ1) is 28.3. The molecule has 0 atom stereocenters. The van der Waals surface area contributed by atoms with E-state index in [1.54, 1.807) is 0 Å². The topological polar surface area (TPSA) is 14.8 Å². The predicted octanol–water partition coefficient (Wildman–Crippen LogP) is 14.3. The van der Waals surface area contributed by atoms with Gasteiger partial charge in [0, 0.05) is 49.4 Å². The fourth-order valence-electron chi connectivity index (χ4n) is 9.34. The zero-order valence-corrected chi connectivity index (χ0v) is 31.0. The third kappa shape index (κ3) is 4.79. The Hall–Kier alpha value is -7.62. The first-order valence-electron chi connectivity index (χ1n) is 19.6. The van der Waals surface area contributed by atoms with Crippen molar-refractivity contribution < 1.29 is 0 Å². The van der Waals surface area contributed by atoms with Crippen LogP contribution in [0.3, 0.4) is 0 Å². The van der Waals surface area contributed by atoms with Gasteiger partial charge in [-0.1, -0.05) is 127 Å². The molecule has 0 aliphatic heterocycles. The van der Waals surface area contributed by atoms with Gasteiger partial charge >= 0.3 is 0 Å². The molecule has 9 aromatic carbocycles. The average molecular weight is 726 g/mol. The van der Waals surface area contributed by atoms with Gasteiger partial charge in [0.25, 0.3) is 0 Å². The summed E-state index contributed by atoms with van der Waals surface area (Å²) in [5.41, 5.74) is 15.5. The lowest BCUT2D eigenvalue weighted by atomic mass is 9.97.